The summed E-state index contributed by atoms with van der Waals surface area (Å²) in [6, 6.07) is 0.860. The van der Waals surface area contributed by atoms with Crippen LogP contribution in [0.1, 0.15) is 29.9 Å². The van der Waals surface area contributed by atoms with E-state index in [0.717, 1.165) is 17.0 Å². The first-order chi connectivity index (χ1) is 13.2. The van der Waals surface area contributed by atoms with Crippen molar-refractivity contribution in [2.24, 2.45) is 0 Å². The van der Waals surface area contributed by atoms with Gasteiger partial charge in [-0.15, -0.1) is 10.2 Å². The molecule has 2 aliphatic rings. The molecule has 0 bridgehead atoms. The summed E-state index contributed by atoms with van der Waals surface area (Å²) in [6.45, 7) is 2.60. The van der Waals surface area contributed by atoms with E-state index in [-0.39, 0.29) is 36.8 Å². The number of carbonyl (C=O) groups is 2. The molecule has 2 amide bonds. The van der Waals surface area contributed by atoms with Crippen LogP contribution >= 0.6 is 0 Å². The number of pyridine rings is 1. The number of halogens is 3. The standard InChI is InChI=1S/C17H17F3N6O2/c1-10-6-11(17(18,19)20)7-13(22-10)26-12(2-3-15(26)27)16(28)24-4-5-25-9-21-23-14(25)8-24/h6-7,9,12H,2-5,8H2,1H3/t12-/m0/s1. The number of nitrogens with zero attached hydrogens (tertiary/aromatic N) is 6. The van der Waals surface area contributed by atoms with Crippen LogP contribution in [0.15, 0.2) is 18.5 Å². The smallest absolute Gasteiger partial charge is 0.332 e. The maximum atomic E-state index is 13.2. The molecule has 4 heterocycles. The van der Waals surface area contributed by atoms with Crippen LogP contribution in [0.25, 0.3) is 0 Å². The Bertz CT molecular complexity index is 941. The van der Waals surface area contributed by atoms with Crippen molar-refractivity contribution in [1.82, 2.24) is 24.6 Å². The predicted molar refractivity (Wildman–Crippen MR) is 89.9 cm³/mol. The van der Waals surface area contributed by atoms with E-state index in [4.69, 9.17) is 0 Å². The minimum atomic E-state index is -4.57. The normalized spacial score (nSPS) is 19.9. The molecule has 0 aliphatic carbocycles. The van der Waals surface area contributed by atoms with Crippen LogP contribution in [-0.2, 0) is 28.9 Å². The van der Waals surface area contributed by atoms with Crippen molar-refractivity contribution in [1.29, 1.82) is 0 Å². The highest BCUT2D eigenvalue weighted by Crippen LogP contribution is 2.34. The van der Waals surface area contributed by atoms with Crippen molar-refractivity contribution in [3.63, 3.8) is 0 Å². The number of rotatable bonds is 2. The summed E-state index contributed by atoms with van der Waals surface area (Å²) in [4.78, 5) is 32.2. The van der Waals surface area contributed by atoms with E-state index in [0.29, 0.717) is 18.9 Å². The Morgan fingerprint density at radius 3 is 2.79 bits per heavy atom. The first kappa shape index (κ1) is 18.4. The van der Waals surface area contributed by atoms with E-state index in [1.54, 1.807) is 11.2 Å². The Balaban J connectivity index is 1.63. The van der Waals surface area contributed by atoms with Crippen LogP contribution in [0, 0.1) is 6.92 Å². The molecule has 0 aromatic carbocycles. The summed E-state index contributed by atoms with van der Waals surface area (Å²) in [7, 11) is 0. The molecule has 2 aromatic heterocycles. The van der Waals surface area contributed by atoms with Gasteiger partial charge in [-0.25, -0.2) is 4.98 Å². The lowest BCUT2D eigenvalue weighted by molar-refractivity contribution is -0.137. The largest absolute Gasteiger partial charge is 0.416 e. The Morgan fingerprint density at radius 1 is 1.25 bits per heavy atom. The van der Waals surface area contributed by atoms with E-state index in [1.165, 1.54) is 6.92 Å². The van der Waals surface area contributed by atoms with Gasteiger partial charge in [0.25, 0.3) is 0 Å². The number of hydrogen-bond donors (Lipinski definition) is 0. The molecule has 2 aliphatic heterocycles. The molecule has 8 nitrogen and oxygen atoms in total. The number of amides is 2. The average Bonchev–Trinajstić information content (AvgIpc) is 3.25. The third-order valence-corrected chi connectivity index (χ3v) is 4.96. The Hall–Kier alpha value is -2.98. The number of aryl methyl sites for hydroxylation is 1. The zero-order chi connectivity index (χ0) is 20.1. The molecule has 148 valence electrons. The van der Waals surface area contributed by atoms with Crippen molar-refractivity contribution in [3.05, 3.63) is 35.5 Å². The highest BCUT2D eigenvalue weighted by molar-refractivity contribution is 6.03. The maximum absolute atomic E-state index is 13.2. The number of alkyl halides is 3. The highest BCUT2D eigenvalue weighted by atomic mass is 19.4. The van der Waals surface area contributed by atoms with Crippen molar-refractivity contribution in [2.75, 3.05) is 11.4 Å². The van der Waals surface area contributed by atoms with Crippen molar-refractivity contribution >= 4 is 17.6 Å². The predicted octanol–water partition coefficient (Wildman–Crippen LogP) is 1.54. The monoisotopic (exact) mass is 394 g/mol. The zero-order valence-corrected chi connectivity index (χ0v) is 15.0. The van der Waals surface area contributed by atoms with Gasteiger partial charge in [-0.3, -0.25) is 14.5 Å². The molecule has 0 unspecified atom stereocenters. The fourth-order valence-corrected chi connectivity index (χ4v) is 3.61. The second-order valence-corrected chi connectivity index (χ2v) is 6.87. The van der Waals surface area contributed by atoms with Gasteiger partial charge < -0.3 is 9.47 Å². The van der Waals surface area contributed by atoms with Gasteiger partial charge in [0.05, 0.1) is 12.1 Å². The lowest BCUT2D eigenvalue weighted by Gasteiger charge is -2.32. The molecule has 4 rings (SSSR count). The first-order valence-electron chi connectivity index (χ1n) is 8.77. The lowest BCUT2D eigenvalue weighted by Crippen LogP contribution is -2.49. The Morgan fingerprint density at radius 2 is 2.04 bits per heavy atom. The van der Waals surface area contributed by atoms with E-state index in [1.807, 2.05) is 4.57 Å². The van der Waals surface area contributed by atoms with E-state index in [2.05, 4.69) is 15.2 Å². The number of anilines is 1. The summed E-state index contributed by atoms with van der Waals surface area (Å²) in [6.07, 6.45) is -2.67. The van der Waals surface area contributed by atoms with Gasteiger partial charge in [-0.05, 0) is 25.5 Å². The topological polar surface area (TPSA) is 84.2 Å². The minimum Gasteiger partial charge on any atom is -0.332 e. The van der Waals surface area contributed by atoms with Gasteiger partial charge in [-0.1, -0.05) is 0 Å². The molecule has 1 fully saturated rings. The third kappa shape index (κ3) is 3.20. The van der Waals surface area contributed by atoms with Crippen LogP contribution in [0.5, 0.6) is 0 Å². The molecule has 0 radical (unpaired) electrons. The van der Waals surface area contributed by atoms with Gasteiger partial charge in [-0.2, -0.15) is 13.2 Å². The molecular formula is C17H17F3N6O2. The van der Waals surface area contributed by atoms with Gasteiger partial charge in [0.1, 0.15) is 18.2 Å². The molecule has 2 aromatic rings. The molecule has 1 atom stereocenters. The summed E-state index contributed by atoms with van der Waals surface area (Å²) in [5.74, 6) is -0.251. The minimum absolute atomic E-state index is 0.0808. The van der Waals surface area contributed by atoms with Crippen molar-refractivity contribution in [2.45, 2.75) is 45.1 Å². The summed E-state index contributed by atoms with van der Waals surface area (Å²) in [5.41, 5.74) is -0.770. The summed E-state index contributed by atoms with van der Waals surface area (Å²) in [5, 5.41) is 7.77. The molecule has 11 heteroatoms. The number of aromatic nitrogens is 4. The fraction of sp³-hybridized carbons (Fsp3) is 0.471. The van der Waals surface area contributed by atoms with Crippen LogP contribution in [-0.4, -0.2) is 49.0 Å². The number of carbonyl (C=O) groups excluding carboxylic acids is 2. The zero-order valence-electron chi connectivity index (χ0n) is 15.0. The second kappa shape index (κ2) is 6.57. The van der Waals surface area contributed by atoms with Crippen molar-refractivity contribution < 1.29 is 22.8 Å². The number of hydrogen-bond acceptors (Lipinski definition) is 5. The third-order valence-electron chi connectivity index (χ3n) is 4.96. The van der Waals surface area contributed by atoms with Crippen LogP contribution in [0.3, 0.4) is 0 Å². The Labute approximate surface area is 158 Å². The van der Waals surface area contributed by atoms with Gasteiger partial charge >= 0.3 is 6.18 Å². The summed E-state index contributed by atoms with van der Waals surface area (Å²) >= 11 is 0. The number of fused-ring (bicyclic) bond motifs is 1. The molecule has 0 N–H and O–H groups in total. The molecular weight excluding hydrogens is 377 g/mol. The van der Waals surface area contributed by atoms with Crippen LogP contribution in [0.2, 0.25) is 0 Å². The first-order valence-corrected chi connectivity index (χ1v) is 8.77. The van der Waals surface area contributed by atoms with Crippen LogP contribution < -0.4 is 4.90 Å². The van der Waals surface area contributed by atoms with E-state index in [9.17, 15) is 22.8 Å². The van der Waals surface area contributed by atoms with Crippen molar-refractivity contribution in [3.8, 4) is 0 Å². The molecule has 28 heavy (non-hydrogen) atoms. The Kier molecular flexibility index (Phi) is 4.31. The highest BCUT2D eigenvalue weighted by Gasteiger charge is 2.42. The second-order valence-electron chi connectivity index (χ2n) is 6.87. The van der Waals surface area contributed by atoms with E-state index < -0.39 is 23.7 Å². The van der Waals surface area contributed by atoms with E-state index >= 15 is 0 Å². The molecule has 0 saturated carbocycles. The maximum Gasteiger partial charge on any atom is 0.416 e. The van der Waals surface area contributed by atoms with Gasteiger partial charge in [0, 0.05) is 25.2 Å². The van der Waals surface area contributed by atoms with Gasteiger partial charge in [0.2, 0.25) is 11.8 Å². The molecule has 0 spiro atoms. The quantitative estimate of drug-likeness (QED) is 0.772. The van der Waals surface area contributed by atoms with Crippen LogP contribution in [0.4, 0.5) is 19.0 Å². The lowest BCUT2D eigenvalue weighted by atomic mass is 10.1. The SMILES string of the molecule is Cc1cc(C(F)(F)F)cc(N2C(=O)CC[C@H]2C(=O)N2CCn3cnnc3C2)n1. The average molecular weight is 394 g/mol. The van der Waals surface area contributed by atoms with Gasteiger partial charge in [0.15, 0.2) is 5.82 Å². The summed E-state index contributed by atoms with van der Waals surface area (Å²) < 4.78 is 41.3. The molecule has 1 saturated heterocycles. The fourth-order valence-electron chi connectivity index (χ4n) is 3.61.